The van der Waals surface area contributed by atoms with E-state index in [2.05, 4.69) is 25.9 Å². The van der Waals surface area contributed by atoms with Gasteiger partial charge in [-0.1, -0.05) is 17.3 Å². The minimum absolute atomic E-state index is 0.300. The number of tetrazole rings is 1. The maximum atomic E-state index is 10.9. The average Bonchev–Trinajstić information content (AvgIpc) is 2.90. The number of benzene rings is 1. The van der Waals surface area contributed by atoms with Crippen LogP contribution < -0.4 is 5.32 Å². The van der Waals surface area contributed by atoms with Gasteiger partial charge in [-0.2, -0.15) is 5.21 Å². The van der Waals surface area contributed by atoms with Crippen LogP contribution in [-0.4, -0.2) is 32.4 Å². The number of fused-ring (bicyclic) bond motifs is 1. The van der Waals surface area contributed by atoms with Crippen LogP contribution in [0, 0.1) is 6.92 Å². The number of nitrogens with zero attached hydrogens (tertiary/aromatic N) is 3. The molecule has 1 aromatic carbocycles. The highest BCUT2D eigenvalue weighted by atomic mass is 16.2. The molecule has 0 atom stereocenters. The van der Waals surface area contributed by atoms with Crippen molar-refractivity contribution in [2.45, 2.75) is 6.92 Å². The van der Waals surface area contributed by atoms with Crippen molar-refractivity contribution >= 4 is 11.8 Å². The molecule has 0 saturated carbocycles. The molecule has 2 aromatic rings. The second kappa shape index (κ2) is 4.52. The Bertz CT molecular complexity index is 517. The molecule has 1 aromatic heterocycles. The zero-order valence-electron chi connectivity index (χ0n) is 8.97. The molecule has 0 fully saturated rings. The fourth-order valence-corrected chi connectivity index (χ4v) is 1.33. The van der Waals surface area contributed by atoms with Crippen LogP contribution in [0.1, 0.15) is 26.5 Å². The predicted molar refractivity (Wildman–Crippen MR) is 57.2 cm³/mol. The Kier molecular flexibility index (Phi) is 2.91. The number of aryl methyl sites for hydroxylation is 1. The van der Waals surface area contributed by atoms with Gasteiger partial charge < -0.3 is 0 Å². The van der Waals surface area contributed by atoms with Crippen molar-refractivity contribution in [2.24, 2.45) is 0 Å². The molecule has 0 aliphatic carbocycles. The summed E-state index contributed by atoms with van der Waals surface area (Å²) in [5, 5.41) is 14.9. The number of hydrogen-bond donors (Lipinski definition) is 2. The molecule has 7 heteroatoms. The van der Waals surface area contributed by atoms with Crippen LogP contribution in [0.25, 0.3) is 0 Å². The highest BCUT2D eigenvalue weighted by Crippen LogP contribution is 2.13. The van der Waals surface area contributed by atoms with Crippen LogP contribution in [0.5, 0.6) is 0 Å². The zero-order valence-corrected chi connectivity index (χ0v) is 8.97. The van der Waals surface area contributed by atoms with Gasteiger partial charge in [0.2, 0.25) is 0 Å². The monoisotopic (exact) mass is 231 g/mol. The lowest BCUT2D eigenvalue weighted by molar-refractivity contribution is 0.0879. The first-order chi connectivity index (χ1) is 8.18. The molecule has 2 N–H and O–H groups in total. The van der Waals surface area contributed by atoms with Gasteiger partial charge in [0.25, 0.3) is 11.8 Å². The highest BCUT2D eigenvalue weighted by Gasteiger charge is 2.25. The zero-order chi connectivity index (χ0) is 12.3. The summed E-state index contributed by atoms with van der Waals surface area (Å²) in [6, 6.07) is 6.74. The molecule has 2 amide bonds. The largest absolute Gasteiger partial charge is 0.288 e. The fourth-order valence-electron chi connectivity index (χ4n) is 1.33. The number of amides is 2. The first kappa shape index (κ1) is 10.9. The first-order valence-corrected chi connectivity index (χ1v) is 4.83. The summed E-state index contributed by atoms with van der Waals surface area (Å²) in [4.78, 5) is 21.9. The fraction of sp³-hybridized carbons (Fsp3) is 0.100. The molecule has 7 nitrogen and oxygen atoms in total. The lowest BCUT2D eigenvalue weighted by atomic mass is 10.1. The Morgan fingerprint density at radius 2 is 1.65 bits per heavy atom. The summed E-state index contributed by atoms with van der Waals surface area (Å²) in [5.41, 5.74) is 0.940. The molecule has 17 heavy (non-hydrogen) atoms. The molecule has 0 radical (unpaired) electrons. The molecular weight excluding hydrogens is 222 g/mol. The van der Waals surface area contributed by atoms with Crippen LogP contribution in [0.3, 0.4) is 0 Å². The normalized spacial score (nSPS) is 12.5. The summed E-state index contributed by atoms with van der Waals surface area (Å²) >= 11 is 0. The van der Waals surface area contributed by atoms with Gasteiger partial charge >= 0.3 is 0 Å². The number of hydrogen-bond acceptors (Lipinski definition) is 5. The van der Waals surface area contributed by atoms with Gasteiger partial charge in [-0.15, -0.1) is 10.2 Å². The molecule has 2 heterocycles. The minimum atomic E-state index is -0.300. The molecule has 1 aliphatic rings. The van der Waals surface area contributed by atoms with E-state index in [0.29, 0.717) is 17.0 Å². The van der Waals surface area contributed by atoms with E-state index in [1.54, 1.807) is 31.2 Å². The quantitative estimate of drug-likeness (QED) is 0.625. The van der Waals surface area contributed by atoms with E-state index in [1.807, 2.05) is 0 Å². The van der Waals surface area contributed by atoms with Crippen LogP contribution in [-0.2, 0) is 0 Å². The number of nitrogens with one attached hydrogen (secondary N) is 2. The van der Waals surface area contributed by atoms with Crippen molar-refractivity contribution in [1.29, 1.82) is 0 Å². The van der Waals surface area contributed by atoms with E-state index >= 15 is 0 Å². The summed E-state index contributed by atoms with van der Waals surface area (Å²) in [5.74, 6) is 0.0752. The van der Waals surface area contributed by atoms with Gasteiger partial charge in [0.15, 0.2) is 5.82 Å². The van der Waals surface area contributed by atoms with Crippen molar-refractivity contribution in [3.05, 3.63) is 41.2 Å². The second-order valence-corrected chi connectivity index (χ2v) is 3.29. The summed E-state index contributed by atoms with van der Waals surface area (Å²) in [6.07, 6.45) is 0. The van der Waals surface area contributed by atoms with Gasteiger partial charge in [-0.25, -0.2) is 0 Å². The third-order valence-electron chi connectivity index (χ3n) is 2.09. The van der Waals surface area contributed by atoms with Crippen LogP contribution in [0.15, 0.2) is 24.3 Å². The van der Waals surface area contributed by atoms with E-state index in [-0.39, 0.29) is 11.8 Å². The minimum Gasteiger partial charge on any atom is -0.288 e. The predicted octanol–water partition coefficient (Wildman–Crippen LogP) is 0.0783. The third kappa shape index (κ3) is 2.33. The molecule has 0 spiro atoms. The van der Waals surface area contributed by atoms with Gasteiger partial charge in [-0.05, 0) is 19.1 Å². The molecular formula is C10H9N5O2. The van der Waals surface area contributed by atoms with Crippen molar-refractivity contribution in [3.8, 4) is 0 Å². The Morgan fingerprint density at radius 1 is 1.06 bits per heavy atom. The second-order valence-electron chi connectivity index (χ2n) is 3.29. The van der Waals surface area contributed by atoms with Gasteiger partial charge in [-0.3, -0.25) is 14.9 Å². The lowest BCUT2D eigenvalue weighted by Crippen LogP contribution is -2.19. The van der Waals surface area contributed by atoms with E-state index < -0.39 is 0 Å². The third-order valence-corrected chi connectivity index (χ3v) is 2.09. The van der Waals surface area contributed by atoms with E-state index in [1.165, 1.54) is 0 Å². The highest BCUT2D eigenvalue weighted by molar-refractivity contribution is 6.21. The Labute approximate surface area is 96.2 Å². The van der Waals surface area contributed by atoms with Crippen LogP contribution >= 0.6 is 0 Å². The maximum absolute atomic E-state index is 10.9. The number of carbonyl (C=O) groups is 2. The molecule has 0 unspecified atom stereocenters. The number of imide groups is 1. The maximum Gasteiger partial charge on any atom is 0.258 e. The van der Waals surface area contributed by atoms with E-state index in [0.717, 1.165) is 0 Å². The van der Waals surface area contributed by atoms with Crippen molar-refractivity contribution < 1.29 is 9.59 Å². The number of rotatable bonds is 0. The topological polar surface area (TPSA) is 101 Å². The van der Waals surface area contributed by atoms with Crippen molar-refractivity contribution in [3.63, 3.8) is 0 Å². The first-order valence-electron chi connectivity index (χ1n) is 4.83. The lowest BCUT2D eigenvalue weighted by Gasteiger charge is -1.88. The smallest absolute Gasteiger partial charge is 0.258 e. The number of aromatic amines is 1. The Morgan fingerprint density at radius 3 is 2.00 bits per heavy atom. The standard InChI is InChI=1S/C8H5NO2.C2H4N4/c10-7-5-3-1-2-4-6(5)8(11)9-7;1-2-3-5-6-4-2/h1-4H,(H,9,10,11);1H3,(H,3,4,5,6). The SMILES string of the molecule is Cc1nn[nH]n1.O=C1NC(=O)c2ccccc21. The van der Waals surface area contributed by atoms with Gasteiger partial charge in [0, 0.05) is 0 Å². The molecule has 0 bridgehead atoms. The van der Waals surface area contributed by atoms with E-state index in [4.69, 9.17) is 0 Å². The van der Waals surface area contributed by atoms with Crippen molar-refractivity contribution in [2.75, 3.05) is 0 Å². The van der Waals surface area contributed by atoms with E-state index in [9.17, 15) is 9.59 Å². The van der Waals surface area contributed by atoms with Crippen LogP contribution in [0.4, 0.5) is 0 Å². The molecule has 1 aliphatic heterocycles. The summed E-state index contributed by atoms with van der Waals surface area (Å²) < 4.78 is 0. The Balaban J connectivity index is 0.000000153. The summed E-state index contributed by atoms with van der Waals surface area (Å²) in [6.45, 7) is 1.77. The molecule has 3 rings (SSSR count). The summed E-state index contributed by atoms with van der Waals surface area (Å²) in [7, 11) is 0. The Hall–Kier alpha value is -2.57. The van der Waals surface area contributed by atoms with Gasteiger partial charge in [0.05, 0.1) is 11.1 Å². The van der Waals surface area contributed by atoms with Crippen molar-refractivity contribution in [1.82, 2.24) is 25.9 Å². The van der Waals surface area contributed by atoms with Crippen LogP contribution in [0.2, 0.25) is 0 Å². The molecule has 86 valence electrons. The average molecular weight is 231 g/mol. The number of aromatic nitrogens is 4. The molecule has 0 saturated heterocycles. The van der Waals surface area contributed by atoms with Gasteiger partial charge in [0.1, 0.15) is 0 Å². The number of H-pyrrole nitrogens is 1. The number of carbonyl (C=O) groups excluding carboxylic acids is 2.